The van der Waals surface area contributed by atoms with Crippen LogP contribution in [0, 0.1) is 5.41 Å². The van der Waals surface area contributed by atoms with E-state index in [1.807, 2.05) is 24.2 Å². The highest BCUT2D eigenvalue weighted by Crippen LogP contribution is 2.43. The summed E-state index contributed by atoms with van der Waals surface area (Å²) >= 11 is 0. The molecular formula is C23H28N4O2. The Morgan fingerprint density at radius 3 is 2.59 bits per heavy atom. The smallest absolute Gasteiger partial charge is 0.317 e. The summed E-state index contributed by atoms with van der Waals surface area (Å²) in [5.41, 5.74) is 3.09. The topological polar surface area (TPSA) is 67.2 Å². The Kier molecular flexibility index (Phi) is 4.45. The lowest BCUT2D eigenvalue weighted by atomic mass is 9.67. The third-order valence-electron chi connectivity index (χ3n) is 7.12. The molecule has 0 unspecified atom stereocenters. The molecule has 0 bridgehead atoms. The molecule has 1 aromatic carbocycles. The number of aryl methyl sites for hydroxylation is 1. The number of hydrogen-bond acceptors (Lipinski definition) is 3. The number of aromatic nitrogens is 2. The molecule has 2 aliphatic carbocycles. The standard InChI is InChI=1S/C23H28N4O2/c1-26-15-18-13-23(14-20(28)21(18)25-26)7-9-27(10-8-23)22(29)24-19-11-17(12-19)16-5-3-2-4-6-16/h2-6,15,17,19H,7-14H2,1H3,(H,24,29). The van der Waals surface area contributed by atoms with Gasteiger partial charge in [0, 0.05) is 44.4 Å². The number of benzene rings is 1. The van der Waals surface area contributed by atoms with E-state index in [1.54, 1.807) is 4.68 Å². The Balaban J connectivity index is 1.14. The third kappa shape index (κ3) is 3.45. The van der Waals surface area contributed by atoms with E-state index >= 15 is 0 Å². The molecule has 29 heavy (non-hydrogen) atoms. The summed E-state index contributed by atoms with van der Waals surface area (Å²) in [4.78, 5) is 27.2. The highest BCUT2D eigenvalue weighted by atomic mass is 16.2. The summed E-state index contributed by atoms with van der Waals surface area (Å²) in [6.07, 6.45) is 7.26. The summed E-state index contributed by atoms with van der Waals surface area (Å²) in [5.74, 6) is 0.722. The van der Waals surface area contributed by atoms with Gasteiger partial charge in [0.25, 0.3) is 0 Å². The lowest BCUT2D eigenvalue weighted by Crippen LogP contribution is -2.53. The number of carbonyl (C=O) groups excluding carboxylic acids is 2. The fraction of sp³-hybridized carbons (Fsp3) is 0.522. The fourth-order valence-electron chi connectivity index (χ4n) is 5.33. The molecule has 1 aliphatic heterocycles. The number of nitrogens with zero attached hydrogens (tertiary/aromatic N) is 3. The average molecular weight is 393 g/mol. The van der Waals surface area contributed by atoms with E-state index in [4.69, 9.17) is 0 Å². The number of urea groups is 1. The summed E-state index contributed by atoms with van der Waals surface area (Å²) in [7, 11) is 1.87. The van der Waals surface area contributed by atoms with Crippen molar-refractivity contribution in [1.29, 1.82) is 0 Å². The van der Waals surface area contributed by atoms with Crippen LogP contribution in [-0.2, 0) is 13.5 Å². The highest BCUT2D eigenvalue weighted by molar-refractivity contribution is 5.97. The molecule has 5 rings (SSSR count). The normalized spacial score (nSPS) is 25.4. The van der Waals surface area contributed by atoms with Crippen LogP contribution in [0.2, 0.25) is 0 Å². The van der Waals surface area contributed by atoms with Crippen molar-refractivity contribution in [3.63, 3.8) is 0 Å². The van der Waals surface area contributed by atoms with Gasteiger partial charge in [0.15, 0.2) is 5.78 Å². The summed E-state index contributed by atoms with van der Waals surface area (Å²) in [6, 6.07) is 10.9. The minimum Gasteiger partial charge on any atom is -0.335 e. The monoisotopic (exact) mass is 392 g/mol. The lowest BCUT2D eigenvalue weighted by molar-refractivity contribution is 0.0724. The largest absolute Gasteiger partial charge is 0.335 e. The second-order valence-electron chi connectivity index (χ2n) is 9.17. The van der Waals surface area contributed by atoms with Crippen LogP contribution < -0.4 is 5.32 Å². The zero-order chi connectivity index (χ0) is 20.0. The van der Waals surface area contributed by atoms with Crippen LogP contribution in [0.25, 0.3) is 0 Å². The van der Waals surface area contributed by atoms with E-state index < -0.39 is 0 Å². The third-order valence-corrected chi connectivity index (χ3v) is 7.12. The first kappa shape index (κ1) is 18.4. The molecule has 3 aliphatic rings. The average Bonchev–Trinajstić information content (AvgIpc) is 3.06. The number of Topliss-reactive ketones (excluding diaryl/α,β-unsaturated/α-hetero) is 1. The van der Waals surface area contributed by atoms with Gasteiger partial charge in [0.05, 0.1) is 0 Å². The summed E-state index contributed by atoms with van der Waals surface area (Å²) in [6.45, 7) is 1.45. The minimum atomic E-state index is -0.00122. The Hall–Kier alpha value is -2.63. The maximum Gasteiger partial charge on any atom is 0.317 e. The van der Waals surface area contributed by atoms with Gasteiger partial charge in [-0.15, -0.1) is 0 Å². The van der Waals surface area contributed by atoms with E-state index in [2.05, 4.69) is 34.7 Å². The van der Waals surface area contributed by atoms with Crippen LogP contribution in [0.15, 0.2) is 36.5 Å². The number of fused-ring (bicyclic) bond motifs is 1. The Labute approximate surface area is 171 Å². The van der Waals surface area contributed by atoms with Crippen LogP contribution in [0.1, 0.15) is 59.6 Å². The van der Waals surface area contributed by atoms with Gasteiger partial charge in [-0.05, 0) is 49.0 Å². The Morgan fingerprint density at radius 2 is 1.86 bits per heavy atom. The second-order valence-corrected chi connectivity index (χ2v) is 9.17. The van der Waals surface area contributed by atoms with Gasteiger partial charge < -0.3 is 10.2 Å². The number of nitrogens with one attached hydrogen (secondary N) is 1. The number of rotatable bonds is 2. The van der Waals surface area contributed by atoms with Crippen molar-refractivity contribution < 1.29 is 9.59 Å². The lowest BCUT2D eigenvalue weighted by Gasteiger charge is -2.44. The van der Waals surface area contributed by atoms with E-state index in [-0.39, 0.29) is 23.3 Å². The van der Waals surface area contributed by atoms with Crippen molar-refractivity contribution in [2.24, 2.45) is 12.5 Å². The van der Waals surface area contributed by atoms with Crippen LogP contribution in [0.5, 0.6) is 0 Å². The molecular weight excluding hydrogens is 364 g/mol. The van der Waals surface area contributed by atoms with Crippen molar-refractivity contribution >= 4 is 11.8 Å². The highest BCUT2D eigenvalue weighted by Gasteiger charge is 2.43. The molecule has 1 aromatic heterocycles. The van der Waals surface area contributed by atoms with Crippen LogP contribution >= 0.6 is 0 Å². The predicted octanol–water partition coefficient (Wildman–Crippen LogP) is 3.29. The molecule has 2 aromatic rings. The van der Waals surface area contributed by atoms with Crippen LogP contribution in [0.3, 0.4) is 0 Å². The first-order valence-electron chi connectivity index (χ1n) is 10.7. The van der Waals surface area contributed by atoms with Gasteiger partial charge in [0.2, 0.25) is 0 Å². The first-order chi connectivity index (χ1) is 14.0. The number of amides is 2. The number of likely N-dealkylation sites (tertiary alicyclic amines) is 1. The number of piperidine rings is 1. The molecule has 1 saturated heterocycles. The van der Waals surface area contributed by atoms with Crippen molar-refractivity contribution in [2.75, 3.05) is 13.1 Å². The fourth-order valence-corrected chi connectivity index (χ4v) is 5.33. The zero-order valence-corrected chi connectivity index (χ0v) is 16.9. The minimum absolute atomic E-state index is 0.00122. The molecule has 2 fully saturated rings. The van der Waals surface area contributed by atoms with Crippen molar-refractivity contribution in [1.82, 2.24) is 20.0 Å². The quantitative estimate of drug-likeness (QED) is 0.853. The van der Waals surface area contributed by atoms with Crippen molar-refractivity contribution in [3.8, 4) is 0 Å². The summed E-state index contributed by atoms with van der Waals surface area (Å²) in [5, 5.41) is 7.53. The number of hydrogen-bond donors (Lipinski definition) is 1. The predicted molar refractivity (Wildman–Crippen MR) is 110 cm³/mol. The van der Waals surface area contributed by atoms with Crippen LogP contribution in [0.4, 0.5) is 4.79 Å². The van der Waals surface area contributed by atoms with E-state index in [0.29, 0.717) is 18.0 Å². The van der Waals surface area contributed by atoms with Gasteiger partial charge in [-0.25, -0.2) is 4.79 Å². The molecule has 6 heteroatoms. The van der Waals surface area contributed by atoms with Gasteiger partial charge >= 0.3 is 6.03 Å². The van der Waals surface area contributed by atoms with Crippen LogP contribution in [-0.4, -0.2) is 45.6 Å². The molecule has 1 saturated carbocycles. The van der Waals surface area contributed by atoms with E-state index in [9.17, 15) is 9.59 Å². The molecule has 0 radical (unpaired) electrons. The Morgan fingerprint density at radius 1 is 1.14 bits per heavy atom. The van der Waals surface area contributed by atoms with E-state index in [1.165, 1.54) is 5.56 Å². The van der Waals surface area contributed by atoms with E-state index in [0.717, 1.165) is 50.8 Å². The van der Waals surface area contributed by atoms with Crippen molar-refractivity contribution in [2.45, 2.75) is 50.5 Å². The molecule has 2 amide bonds. The van der Waals surface area contributed by atoms with Gasteiger partial charge in [0.1, 0.15) is 5.69 Å². The molecule has 1 spiro atoms. The first-order valence-corrected chi connectivity index (χ1v) is 10.7. The molecule has 0 atom stereocenters. The van der Waals surface area contributed by atoms with Gasteiger partial charge in [-0.2, -0.15) is 5.10 Å². The Bertz CT molecular complexity index is 922. The molecule has 2 heterocycles. The SMILES string of the molecule is Cn1cc2c(n1)C(=O)CC1(CCN(C(=O)NC3CC(c4ccccc4)C3)CC1)C2. The summed E-state index contributed by atoms with van der Waals surface area (Å²) < 4.78 is 1.74. The second kappa shape index (κ2) is 7.01. The molecule has 152 valence electrons. The van der Waals surface area contributed by atoms with Crippen molar-refractivity contribution in [3.05, 3.63) is 53.3 Å². The maximum absolute atomic E-state index is 12.7. The molecule has 1 N–H and O–H groups in total. The molecule has 6 nitrogen and oxygen atoms in total. The number of carbonyl (C=O) groups is 2. The van der Waals surface area contributed by atoms with Gasteiger partial charge in [-0.3, -0.25) is 9.48 Å². The maximum atomic E-state index is 12.7. The number of ketones is 1. The zero-order valence-electron chi connectivity index (χ0n) is 16.9. The van der Waals surface area contributed by atoms with Gasteiger partial charge in [-0.1, -0.05) is 30.3 Å².